The normalized spacial score (nSPS) is 12.6. The summed E-state index contributed by atoms with van der Waals surface area (Å²) in [7, 11) is 0. The summed E-state index contributed by atoms with van der Waals surface area (Å²) in [5.41, 5.74) is 22.9. The highest BCUT2D eigenvalue weighted by molar-refractivity contribution is 6.02. The average Bonchev–Trinajstić information content (AvgIpc) is 3.83. The summed E-state index contributed by atoms with van der Waals surface area (Å²) in [6, 6.07) is 91.6. The number of benzene rings is 10. The van der Waals surface area contributed by atoms with Crippen molar-refractivity contribution in [3.63, 3.8) is 0 Å². The Hall–Kier alpha value is -8.00. The molecular formula is C61H41N. The molecule has 0 aliphatic heterocycles. The molecule has 0 amide bonds. The largest absolute Gasteiger partial charge is 0.310 e. The van der Waals surface area contributed by atoms with Gasteiger partial charge in [0.2, 0.25) is 0 Å². The standard InChI is InChI=1S/C61H41N/c1-5-16-42(17-6-1)46-28-34-50(35-29-46)62(51-36-30-47(31-37-51)43-18-7-2-8-19-43)59-27-15-26-56-60(59)54-24-13-14-25-55(54)61(56)57-40-48(44-20-9-3-10-21-44)32-38-52(57)53-39-33-49(41-58(53)61)45-22-11-4-12-23-45/h1-41H. The minimum absolute atomic E-state index is 0.553. The van der Waals surface area contributed by atoms with E-state index in [4.69, 9.17) is 0 Å². The lowest BCUT2D eigenvalue weighted by Crippen LogP contribution is -2.26. The summed E-state index contributed by atoms with van der Waals surface area (Å²) in [6.45, 7) is 0. The van der Waals surface area contributed by atoms with Crippen molar-refractivity contribution >= 4 is 17.1 Å². The number of nitrogens with zero attached hydrogens (tertiary/aromatic N) is 1. The van der Waals surface area contributed by atoms with Gasteiger partial charge in [0.15, 0.2) is 0 Å². The van der Waals surface area contributed by atoms with Crippen molar-refractivity contribution in [2.75, 3.05) is 4.90 Å². The number of hydrogen-bond donors (Lipinski definition) is 0. The monoisotopic (exact) mass is 787 g/mol. The van der Waals surface area contributed by atoms with Crippen LogP contribution in [-0.4, -0.2) is 0 Å². The smallest absolute Gasteiger partial charge is 0.0726 e. The highest BCUT2D eigenvalue weighted by Gasteiger charge is 2.52. The van der Waals surface area contributed by atoms with Crippen LogP contribution in [0.25, 0.3) is 66.8 Å². The van der Waals surface area contributed by atoms with Gasteiger partial charge in [-0.05, 0) is 126 Å². The molecule has 0 radical (unpaired) electrons. The Bertz CT molecular complexity index is 3070. The maximum atomic E-state index is 2.48. The van der Waals surface area contributed by atoms with E-state index >= 15 is 0 Å². The molecule has 12 rings (SSSR count). The van der Waals surface area contributed by atoms with Crippen LogP contribution < -0.4 is 4.90 Å². The van der Waals surface area contributed by atoms with Crippen LogP contribution in [-0.2, 0) is 5.41 Å². The van der Waals surface area contributed by atoms with Gasteiger partial charge in [-0.1, -0.05) is 206 Å². The second kappa shape index (κ2) is 14.6. The molecule has 1 heteroatoms. The molecule has 2 aliphatic rings. The predicted octanol–water partition coefficient (Wildman–Crippen LogP) is 16.2. The van der Waals surface area contributed by atoms with E-state index < -0.39 is 5.41 Å². The summed E-state index contributed by atoms with van der Waals surface area (Å²) in [6.07, 6.45) is 0. The lowest BCUT2D eigenvalue weighted by Gasteiger charge is -2.32. The van der Waals surface area contributed by atoms with Crippen LogP contribution in [0.4, 0.5) is 17.1 Å². The number of anilines is 3. The zero-order chi connectivity index (χ0) is 41.0. The van der Waals surface area contributed by atoms with Gasteiger partial charge in [0.05, 0.1) is 11.1 Å². The van der Waals surface area contributed by atoms with Crippen molar-refractivity contribution in [1.82, 2.24) is 0 Å². The second-order valence-electron chi connectivity index (χ2n) is 16.4. The molecule has 0 saturated heterocycles. The summed E-state index contributed by atoms with van der Waals surface area (Å²) in [5, 5.41) is 0. The first-order chi connectivity index (χ1) is 30.8. The Morgan fingerprint density at radius 3 is 1.08 bits per heavy atom. The van der Waals surface area contributed by atoms with Crippen molar-refractivity contribution in [3.8, 4) is 66.8 Å². The van der Waals surface area contributed by atoms with Gasteiger partial charge in [0.25, 0.3) is 0 Å². The Morgan fingerprint density at radius 2 is 0.613 bits per heavy atom. The SMILES string of the molecule is c1ccc(-c2ccc(N(c3ccc(-c4ccccc4)cc3)c3cccc4c3-c3ccccc3C43c4cc(-c5ccccc5)ccc4-c4ccc(-c5ccccc5)cc43)cc2)cc1. The molecule has 0 fully saturated rings. The Kier molecular flexibility index (Phi) is 8.47. The van der Waals surface area contributed by atoms with E-state index in [9.17, 15) is 0 Å². The molecule has 0 aromatic heterocycles. The zero-order valence-electron chi connectivity index (χ0n) is 34.1. The van der Waals surface area contributed by atoms with Crippen LogP contribution in [0.1, 0.15) is 22.3 Å². The summed E-state index contributed by atoms with van der Waals surface area (Å²) in [4.78, 5) is 2.47. The summed E-state index contributed by atoms with van der Waals surface area (Å²) >= 11 is 0. The number of fused-ring (bicyclic) bond motifs is 10. The van der Waals surface area contributed by atoms with E-state index in [1.54, 1.807) is 0 Å². The van der Waals surface area contributed by atoms with E-state index in [1.165, 1.54) is 89.0 Å². The van der Waals surface area contributed by atoms with Crippen LogP contribution in [0, 0.1) is 0 Å². The maximum Gasteiger partial charge on any atom is 0.0726 e. The quantitative estimate of drug-likeness (QED) is 0.155. The van der Waals surface area contributed by atoms with Gasteiger partial charge in [-0.2, -0.15) is 0 Å². The van der Waals surface area contributed by atoms with Crippen LogP contribution in [0.5, 0.6) is 0 Å². The fourth-order valence-corrected chi connectivity index (χ4v) is 10.3. The molecular weight excluding hydrogens is 747 g/mol. The molecule has 0 saturated carbocycles. The maximum absolute atomic E-state index is 2.48. The Morgan fingerprint density at radius 1 is 0.242 bits per heavy atom. The highest BCUT2D eigenvalue weighted by atomic mass is 15.1. The molecule has 2 aliphatic carbocycles. The Labute approximate surface area is 363 Å². The molecule has 290 valence electrons. The highest BCUT2D eigenvalue weighted by Crippen LogP contribution is 2.65. The van der Waals surface area contributed by atoms with Gasteiger partial charge in [-0.15, -0.1) is 0 Å². The molecule has 1 spiro atoms. The molecule has 0 bridgehead atoms. The third-order valence-corrected chi connectivity index (χ3v) is 13.1. The van der Waals surface area contributed by atoms with Gasteiger partial charge in [-0.25, -0.2) is 0 Å². The summed E-state index contributed by atoms with van der Waals surface area (Å²) in [5.74, 6) is 0. The first-order valence-corrected chi connectivity index (χ1v) is 21.5. The van der Waals surface area contributed by atoms with Crippen LogP contribution in [0.3, 0.4) is 0 Å². The molecule has 1 nitrogen and oxygen atoms in total. The van der Waals surface area contributed by atoms with Crippen LogP contribution in [0.2, 0.25) is 0 Å². The molecule has 10 aromatic carbocycles. The topological polar surface area (TPSA) is 3.24 Å². The predicted molar refractivity (Wildman–Crippen MR) is 259 cm³/mol. The first-order valence-electron chi connectivity index (χ1n) is 21.5. The van der Waals surface area contributed by atoms with E-state index in [0.717, 1.165) is 17.1 Å². The van der Waals surface area contributed by atoms with Crippen molar-refractivity contribution < 1.29 is 0 Å². The third kappa shape index (κ3) is 5.63. The van der Waals surface area contributed by atoms with E-state index in [1.807, 2.05) is 0 Å². The van der Waals surface area contributed by atoms with Gasteiger partial charge in [0.1, 0.15) is 0 Å². The lowest BCUT2D eigenvalue weighted by molar-refractivity contribution is 0.794. The van der Waals surface area contributed by atoms with Gasteiger partial charge >= 0.3 is 0 Å². The molecule has 0 heterocycles. The van der Waals surface area contributed by atoms with E-state index in [-0.39, 0.29) is 0 Å². The van der Waals surface area contributed by atoms with Gasteiger partial charge in [0, 0.05) is 16.9 Å². The lowest BCUT2D eigenvalue weighted by atomic mass is 9.70. The van der Waals surface area contributed by atoms with Crippen molar-refractivity contribution in [2.24, 2.45) is 0 Å². The van der Waals surface area contributed by atoms with Crippen LogP contribution in [0.15, 0.2) is 249 Å². The number of rotatable bonds is 7. The Balaban J connectivity index is 1.12. The van der Waals surface area contributed by atoms with E-state index in [0.29, 0.717) is 0 Å². The van der Waals surface area contributed by atoms with Crippen molar-refractivity contribution in [2.45, 2.75) is 5.41 Å². The molecule has 62 heavy (non-hydrogen) atoms. The third-order valence-electron chi connectivity index (χ3n) is 13.1. The fourth-order valence-electron chi connectivity index (χ4n) is 10.3. The van der Waals surface area contributed by atoms with Crippen molar-refractivity contribution in [3.05, 3.63) is 271 Å². The molecule has 0 unspecified atom stereocenters. The fraction of sp³-hybridized carbons (Fsp3) is 0.0164. The first kappa shape index (κ1) is 35.9. The summed E-state index contributed by atoms with van der Waals surface area (Å²) < 4.78 is 0. The zero-order valence-corrected chi connectivity index (χ0v) is 34.1. The minimum atomic E-state index is -0.553. The van der Waals surface area contributed by atoms with Crippen molar-refractivity contribution in [1.29, 1.82) is 0 Å². The molecule has 0 atom stereocenters. The molecule has 10 aromatic rings. The minimum Gasteiger partial charge on any atom is -0.310 e. The average molecular weight is 788 g/mol. The van der Waals surface area contributed by atoms with Crippen LogP contribution >= 0.6 is 0 Å². The number of hydrogen-bond acceptors (Lipinski definition) is 1. The van der Waals surface area contributed by atoms with Gasteiger partial charge in [-0.3, -0.25) is 0 Å². The van der Waals surface area contributed by atoms with E-state index in [2.05, 4.69) is 254 Å². The van der Waals surface area contributed by atoms with Gasteiger partial charge < -0.3 is 4.90 Å². The second-order valence-corrected chi connectivity index (χ2v) is 16.4. The molecule has 0 N–H and O–H groups in total.